The maximum atomic E-state index is 11.9. The van der Waals surface area contributed by atoms with Crippen LogP contribution in [0.4, 0.5) is 0 Å². The zero-order valence-electron chi connectivity index (χ0n) is 16.0. The second kappa shape index (κ2) is 7.09. The third-order valence-electron chi connectivity index (χ3n) is 6.65. The van der Waals surface area contributed by atoms with Crippen molar-refractivity contribution in [2.45, 2.75) is 24.4 Å². The molecular weight excluding hydrogens is 396 g/mol. The Morgan fingerprint density at radius 3 is 1.10 bits per heavy atom. The monoisotopic (exact) mass is 418 g/mol. The number of hydrogen-bond acceptors (Lipinski definition) is 8. The lowest BCUT2D eigenvalue weighted by Gasteiger charge is -2.15. The fraction of sp³-hybridized carbons (Fsp3) is 0.600. The van der Waals surface area contributed by atoms with E-state index in [1.54, 1.807) is 0 Å². The first-order valence-corrected chi connectivity index (χ1v) is 10.1. The second-order valence-electron chi connectivity index (χ2n) is 8.11. The number of aliphatic hydroxyl groups is 2. The molecule has 0 aromatic rings. The molecule has 30 heavy (non-hydrogen) atoms. The largest absolute Gasteiger partial charge is 0.395 e. The number of aliphatic hydroxyl groups excluding tert-OH is 2. The number of imide groups is 2. The quantitative estimate of drug-likeness (QED) is 0.389. The molecule has 10 heteroatoms. The number of amides is 4. The van der Waals surface area contributed by atoms with Gasteiger partial charge in [-0.15, -0.1) is 0 Å². The van der Waals surface area contributed by atoms with Gasteiger partial charge in [0.15, 0.2) is 0 Å². The lowest BCUT2D eigenvalue weighted by atomic mass is 9.85. The number of nitrogens with zero attached hydrogens (tertiary/aromatic N) is 2. The lowest BCUT2D eigenvalue weighted by Crippen LogP contribution is -2.36. The number of likely N-dealkylation sites (tertiary alicyclic amines) is 2. The van der Waals surface area contributed by atoms with E-state index in [4.69, 9.17) is 19.7 Å². The van der Waals surface area contributed by atoms with Crippen LogP contribution in [0.25, 0.3) is 0 Å². The third kappa shape index (κ3) is 2.57. The van der Waals surface area contributed by atoms with Gasteiger partial charge in [0.05, 0.1) is 74.4 Å². The van der Waals surface area contributed by atoms with Gasteiger partial charge in [-0.25, -0.2) is 0 Å². The molecule has 4 bridgehead atoms. The van der Waals surface area contributed by atoms with E-state index in [0.29, 0.717) is 0 Å². The Balaban J connectivity index is 0.000000128. The van der Waals surface area contributed by atoms with Crippen LogP contribution in [-0.2, 0) is 28.7 Å². The molecule has 0 radical (unpaired) electrons. The Bertz CT molecular complexity index is 739. The van der Waals surface area contributed by atoms with E-state index in [1.165, 1.54) is 0 Å². The minimum atomic E-state index is -0.348. The highest BCUT2D eigenvalue weighted by atomic mass is 16.5. The highest BCUT2D eigenvalue weighted by Crippen LogP contribution is 2.45. The summed E-state index contributed by atoms with van der Waals surface area (Å²) in [6, 6.07) is 0. The third-order valence-corrected chi connectivity index (χ3v) is 6.65. The van der Waals surface area contributed by atoms with Crippen LogP contribution >= 0.6 is 0 Å². The van der Waals surface area contributed by atoms with Crippen LogP contribution in [-0.4, -0.2) is 94.4 Å². The fourth-order valence-electron chi connectivity index (χ4n) is 5.37. The second-order valence-corrected chi connectivity index (χ2v) is 8.11. The Hall–Kier alpha value is -2.40. The molecule has 10 nitrogen and oxygen atoms in total. The average Bonchev–Trinajstić information content (AvgIpc) is 3.56. The van der Waals surface area contributed by atoms with Crippen molar-refractivity contribution in [3.8, 4) is 0 Å². The van der Waals surface area contributed by atoms with E-state index in [0.717, 1.165) is 9.80 Å². The van der Waals surface area contributed by atoms with Gasteiger partial charge in [0.25, 0.3) is 0 Å². The van der Waals surface area contributed by atoms with Gasteiger partial charge in [0.1, 0.15) is 0 Å². The first kappa shape index (κ1) is 19.6. The molecule has 0 spiro atoms. The predicted octanol–water partition coefficient (Wildman–Crippen LogP) is -2.17. The maximum absolute atomic E-state index is 11.9. The molecular formula is C20H22N2O8. The number of carbonyl (C=O) groups excluding carboxylic acids is 4. The van der Waals surface area contributed by atoms with E-state index in [-0.39, 0.29) is 98.0 Å². The van der Waals surface area contributed by atoms with Gasteiger partial charge in [-0.05, 0) is 0 Å². The van der Waals surface area contributed by atoms with E-state index in [9.17, 15) is 19.2 Å². The number of hydrogen-bond donors (Lipinski definition) is 2. The normalized spacial score (nSPS) is 41.8. The van der Waals surface area contributed by atoms with Gasteiger partial charge in [-0.3, -0.25) is 29.0 Å². The summed E-state index contributed by atoms with van der Waals surface area (Å²) in [6.45, 7) is -0.157. The zero-order chi connectivity index (χ0) is 21.2. The van der Waals surface area contributed by atoms with E-state index in [1.807, 2.05) is 24.3 Å². The number of ether oxygens (including phenoxy) is 2. The molecule has 0 aliphatic carbocycles. The molecule has 8 atom stereocenters. The number of rotatable bonds is 4. The summed E-state index contributed by atoms with van der Waals surface area (Å²) in [5, 5.41) is 17.6. The topological polar surface area (TPSA) is 134 Å². The van der Waals surface area contributed by atoms with Crippen LogP contribution in [0.2, 0.25) is 0 Å². The first-order chi connectivity index (χ1) is 14.5. The molecule has 0 aromatic carbocycles. The van der Waals surface area contributed by atoms with Crippen molar-refractivity contribution in [1.29, 1.82) is 0 Å². The van der Waals surface area contributed by atoms with Crippen LogP contribution in [0.5, 0.6) is 0 Å². The molecule has 4 saturated heterocycles. The Kier molecular flexibility index (Phi) is 4.62. The molecule has 6 heterocycles. The van der Waals surface area contributed by atoms with Crippen molar-refractivity contribution in [3.63, 3.8) is 0 Å². The van der Waals surface area contributed by atoms with Gasteiger partial charge in [-0.1, -0.05) is 24.3 Å². The molecule has 6 rings (SSSR count). The molecule has 6 aliphatic rings. The molecule has 4 amide bonds. The lowest BCUT2D eigenvalue weighted by molar-refractivity contribution is -0.144. The van der Waals surface area contributed by atoms with Gasteiger partial charge in [0.2, 0.25) is 23.6 Å². The summed E-state index contributed by atoms with van der Waals surface area (Å²) in [5.41, 5.74) is 0. The summed E-state index contributed by atoms with van der Waals surface area (Å²) in [7, 11) is 0. The molecule has 160 valence electrons. The van der Waals surface area contributed by atoms with Crippen LogP contribution in [0.1, 0.15) is 0 Å². The van der Waals surface area contributed by atoms with E-state index in [2.05, 4.69) is 0 Å². The van der Waals surface area contributed by atoms with E-state index < -0.39 is 0 Å². The van der Waals surface area contributed by atoms with Crippen molar-refractivity contribution in [2.75, 3.05) is 26.3 Å². The van der Waals surface area contributed by atoms with Crippen LogP contribution in [0.3, 0.4) is 0 Å². The maximum Gasteiger partial charge on any atom is 0.236 e. The van der Waals surface area contributed by atoms with Gasteiger partial charge >= 0.3 is 0 Å². The molecule has 4 fully saturated rings. The Labute approximate surface area is 171 Å². The smallest absolute Gasteiger partial charge is 0.236 e. The van der Waals surface area contributed by atoms with Crippen LogP contribution in [0.15, 0.2) is 24.3 Å². The van der Waals surface area contributed by atoms with Gasteiger partial charge in [-0.2, -0.15) is 0 Å². The van der Waals surface area contributed by atoms with Gasteiger partial charge < -0.3 is 19.7 Å². The van der Waals surface area contributed by atoms with Crippen molar-refractivity contribution < 1.29 is 38.9 Å². The zero-order valence-corrected chi connectivity index (χ0v) is 16.0. The van der Waals surface area contributed by atoms with Crippen LogP contribution < -0.4 is 0 Å². The standard InChI is InChI=1S/2C10H11NO4/c2*12-4-3-11-9(13)7-5-1-2-6(15-5)8(7)10(11)14/h2*1-2,5-8,12H,3-4H2/t2*5-,6+,7+,8-. The summed E-state index contributed by atoms with van der Waals surface area (Å²) >= 11 is 0. The van der Waals surface area contributed by atoms with Crippen molar-refractivity contribution in [1.82, 2.24) is 9.80 Å². The van der Waals surface area contributed by atoms with E-state index >= 15 is 0 Å². The summed E-state index contributed by atoms with van der Waals surface area (Å²) < 4.78 is 10.9. The van der Waals surface area contributed by atoms with Crippen molar-refractivity contribution in [2.24, 2.45) is 23.7 Å². The SMILES string of the molecule is O=C1[C@@H]2[C@H](C(=O)N1CCO)[C@@H]1C=C[C@H]2O1.O=C1[C@@H]2[C@H](C(=O)N1CCO)[C@@H]1C=C[C@H]2O1. The Morgan fingerprint density at radius 2 is 0.867 bits per heavy atom. The minimum absolute atomic E-state index is 0.101. The molecule has 0 aromatic heterocycles. The van der Waals surface area contributed by atoms with Crippen molar-refractivity contribution >= 4 is 23.6 Å². The first-order valence-electron chi connectivity index (χ1n) is 10.1. The van der Waals surface area contributed by atoms with Crippen LogP contribution in [0, 0.1) is 23.7 Å². The summed E-state index contributed by atoms with van der Waals surface area (Å²) in [5.74, 6) is -2.19. The molecule has 0 unspecified atom stereocenters. The van der Waals surface area contributed by atoms with Crippen molar-refractivity contribution in [3.05, 3.63) is 24.3 Å². The number of fused-ring (bicyclic) bond motifs is 10. The summed E-state index contributed by atoms with van der Waals surface area (Å²) in [6.07, 6.45) is 6.44. The Morgan fingerprint density at radius 1 is 0.600 bits per heavy atom. The minimum Gasteiger partial charge on any atom is -0.395 e. The molecule has 0 saturated carbocycles. The highest BCUT2D eigenvalue weighted by molar-refractivity contribution is 6.07. The van der Waals surface area contributed by atoms with Gasteiger partial charge in [0, 0.05) is 0 Å². The number of β-amino-alcohol motifs (C(OH)–C–C–N with tert-alkyl or cyclic N) is 2. The molecule has 6 aliphatic heterocycles. The average molecular weight is 418 g/mol. The number of carbonyl (C=O) groups is 4. The summed E-state index contributed by atoms with van der Waals surface area (Å²) in [4.78, 5) is 49.7. The predicted molar refractivity (Wildman–Crippen MR) is 97.2 cm³/mol. The highest BCUT2D eigenvalue weighted by Gasteiger charge is 2.61. The molecule has 2 N–H and O–H groups in total. The fourth-order valence-corrected chi connectivity index (χ4v) is 5.37.